The van der Waals surface area contributed by atoms with Crippen molar-refractivity contribution in [3.63, 3.8) is 0 Å². The van der Waals surface area contributed by atoms with Crippen LogP contribution in [0.5, 0.6) is 0 Å². The second-order valence-electron chi connectivity index (χ2n) is 10.7. The molecule has 0 heterocycles. The normalized spacial score (nSPS) is 51.3. The SMILES string of the molecule is CC.CCC(C)C1CCC2C3CCC4CC(O)CCC4(C)C3CCC12C. The lowest BCUT2D eigenvalue weighted by atomic mass is 9.44. The molecule has 9 atom stereocenters. The molecule has 0 aromatic carbocycles. The summed E-state index contributed by atoms with van der Waals surface area (Å²) in [5.41, 5.74) is 1.17. The second kappa shape index (κ2) is 7.76. The van der Waals surface area contributed by atoms with Gasteiger partial charge in [0.2, 0.25) is 0 Å². The number of hydrogen-bond donors (Lipinski definition) is 1. The van der Waals surface area contributed by atoms with E-state index in [9.17, 15) is 5.11 Å². The molecule has 1 N–H and O–H groups in total. The zero-order valence-corrected chi connectivity index (χ0v) is 18.6. The lowest BCUT2D eigenvalue weighted by molar-refractivity contribution is -0.129. The summed E-state index contributed by atoms with van der Waals surface area (Å²) in [6.45, 7) is 14.2. The maximum atomic E-state index is 10.2. The molecule has 4 aliphatic carbocycles. The van der Waals surface area contributed by atoms with Gasteiger partial charge in [-0.2, -0.15) is 0 Å². The molecule has 9 unspecified atom stereocenters. The molecule has 0 aromatic rings. The minimum Gasteiger partial charge on any atom is -0.393 e. The van der Waals surface area contributed by atoms with Crippen molar-refractivity contribution in [3.05, 3.63) is 0 Å². The lowest BCUT2D eigenvalue weighted by Gasteiger charge is -2.61. The van der Waals surface area contributed by atoms with Gasteiger partial charge in [-0.05, 0) is 104 Å². The molecule has 0 aromatic heterocycles. The summed E-state index contributed by atoms with van der Waals surface area (Å²) in [5, 5.41) is 10.2. The van der Waals surface area contributed by atoms with Gasteiger partial charge in [-0.25, -0.2) is 0 Å². The van der Waals surface area contributed by atoms with Crippen molar-refractivity contribution in [2.45, 2.75) is 112 Å². The van der Waals surface area contributed by atoms with E-state index in [2.05, 4.69) is 27.7 Å². The first kappa shape index (κ1) is 20.7. The van der Waals surface area contributed by atoms with Gasteiger partial charge in [-0.15, -0.1) is 0 Å². The average molecular weight is 363 g/mol. The molecule has 0 amide bonds. The van der Waals surface area contributed by atoms with Gasteiger partial charge in [0.05, 0.1) is 6.10 Å². The van der Waals surface area contributed by atoms with E-state index in [1.165, 1.54) is 51.4 Å². The van der Waals surface area contributed by atoms with E-state index >= 15 is 0 Å². The molecule has 4 fully saturated rings. The first-order valence-electron chi connectivity index (χ1n) is 12.1. The smallest absolute Gasteiger partial charge is 0.0543 e. The van der Waals surface area contributed by atoms with Gasteiger partial charge in [-0.1, -0.05) is 48.0 Å². The molecule has 0 bridgehead atoms. The van der Waals surface area contributed by atoms with Gasteiger partial charge in [-0.3, -0.25) is 0 Å². The third-order valence-electron chi connectivity index (χ3n) is 10.0. The van der Waals surface area contributed by atoms with E-state index in [1.807, 2.05) is 13.8 Å². The van der Waals surface area contributed by atoms with Gasteiger partial charge in [0.1, 0.15) is 0 Å². The quantitative estimate of drug-likeness (QED) is 0.556. The van der Waals surface area contributed by atoms with Crippen molar-refractivity contribution in [1.29, 1.82) is 0 Å². The molecular formula is C25H46O. The summed E-state index contributed by atoms with van der Waals surface area (Å²) in [6.07, 6.45) is 13.6. The van der Waals surface area contributed by atoms with E-state index in [1.54, 1.807) is 0 Å². The fourth-order valence-electron chi connectivity index (χ4n) is 8.50. The Kier molecular flexibility index (Phi) is 6.18. The summed E-state index contributed by atoms with van der Waals surface area (Å²) >= 11 is 0. The topological polar surface area (TPSA) is 20.2 Å². The molecule has 0 spiro atoms. The number of aliphatic hydroxyl groups excluding tert-OH is 1. The Morgan fingerprint density at radius 2 is 1.54 bits per heavy atom. The van der Waals surface area contributed by atoms with E-state index in [0.29, 0.717) is 10.8 Å². The zero-order valence-electron chi connectivity index (χ0n) is 18.6. The van der Waals surface area contributed by atoms with E-state index < -0.39 is 0 Å². The average Bonchev–Trinajstić information content (AvgIpc) is 3.00. The highest BCUT2D eigenvalue weighted by molar-refractivity contribution is 5.09. The van der Waals surface area contributed by atoms with E-state index in [-0.39, 0.29) is 6.10 Å². The zero-order chi connectivity index (χ0) is 19.1. The highest BCUT2D eigenvalue weighted by atomic mass is 16.3. The molecule has 4 saturated carbocycles. The van der Waals surface area contributed by atoms with Crippen molar-refractivity contribution in [3.8, 4) is 0 Å². The number of rotatable bonds is 2. The Morgan fingerprint density at radius 1 is 0.885 bits per heavy atom. The van der Waals surface area contributed by atoms with Gasteiger partial charge in [0.15, 0.2) is 0 Å². The Balaban J connectivity index is 0.000000948. The Bertz CT molecular complexity index is 473. The number of aliphatic hydroxyl groups is 1. The fraction of sp³-hybridized carbons (Fsp3) is 1.00. The first-order valence-corrected chi connectivity index (χ1v) is 12.1. The molecule has 152 valence electrons. The van der Waals surface area contributed by atoms with E-state index in [4.69, 9.17) is 0 Å². The van der Waals surface area contributed by atoms with Gasteiger partial charge in [0, 0.05) is 0 Å². The van der Waals surface area contributed by atoms with Gasteiger partial charge in [0.25, 0.3) is 0 Å². The maximum absolute atomic E-state index is 10.2. The third kappa shape index (κ3) is 3.09. The van der Waals surface area contributed by atoms with Crippen LogP contribution in [0, 0.1) is 46.3 Å². The Morgan fingerprint density at radius 3 is 2.23 bits per heavy atom. The maximum Gasteiger partial charge on any atom is 0.0543 e. The minimum absolute atomic E-state index is 0.00486. The molecule has 4 rings (SSSR count). The van der Waals surface area contributed by atoms with Crippen LogP contribution in [0.3, 0.4) is 0 Å². The molecule has 1 nitrogen and oxygen atoms in total. The monoisotopic (exact) mass is 362 g/mol. The summed E-state index contributed by atoms with van der Waals surface area (Å²) < 4.78 is 0. The van der Waals surface area contributed by atoms with Crippen LogP contribution in [-0.2, 0) is 0 Å². The molecule has 26 heavy (non-hydrogen) atoms. The van der Waals surface area contributed by atoms with E-state index in [0.717, 1.165) is 48.3 Å². The summed E-state index contributed by atoms with van der Waals surface area (Å²) in [7, 11) is 0. The number of fused-ring (bicyclic) bond motifs is 5. The van der Waals surface area contributed by atoms with Crippen molar-refractivity contribution in [2.24, 2.45) is 46.3 Å². The largest absolute Gasteiger partial charge is 0.393 e. The summed E-state index contributed by atoms with van der Waals surface area (Å²) in [4.78, 5) is 0. The van der Waals surface area contributed by atoms with Gasteiger partial charge < -0.3 is 5.11 Å². The van der Waals surface area contributed by atoms with Crippen LogP contribution in [0.2, 0.25) is 0 Å². The summed E-state index contributed by atoms with van der Waals surface area (Å²) in [6, 6.07) is 0. The van der Waals surface area contributed by atoms with Crippen molar-refractivity contribution >= 4 is 0 Å². The van der Waals surface area contributed by atoms with Crippen LogP contribution in [-0.4, -0.2) is 11.2 Å². The van der Waals surface area contributed by atoms with Crippen LogP contribution in [0.1, 0.15) is 106 Å². The third-order valence-corrected chi connectivity index (χ3v) is 10.0. The van der Waals surface area contributed by atoms with Gasteiger partial charge >= 0.3 is 0 Å². The predicted molar refractivity (Wildman–Crippen MR) is 112 cm³/mol. The summed E-state index contributed by atoms with van der Waals surface area (Å²) in [5.74, 6) is 5.64. The molecule has 0 radical (unpaired) electrons. The Hall–Kier alpha value is -0.0400. The van der Waals surface area contributed by atoms with Crippen LogP contribution >= 0.6 is 0 Å². The number of hydrogen-bond acceptors (Lipinski definition) is 1. The van der Waals surface area contributed by atoms with Crippen LogP contribution in [0.4, 0.5) is 0 Å². The van der Waals surface area contributed by atoms with Crippen molar-refractivity contribution in [2.75, 3.05) is 0 Å². The van der Waals surface area contributed by atoms with Crippen molar-refractivity contribution < 1.29 is 5.11 Å². The molecule has 0 saturated heterocycles. The molecular weight excluding hydrogens is 316 g/mol. The molecule has 4 aliphatic rings. The van der Waals surface area contributed by atoms with Crippen LogP contribution in [0.25, 0.3) is 0 Å². The minimum atomic E-state index is -0.00486. The highest BCUT2D eigenvalue weighted by Crippen LogP contribution is 2.68. The first-order chi connectivity index (χ1) is 12.4. The predicted octanol–water partition coefficient (Wildman–Crippen LogP) is 7.08. The molecule has 0 aliphatic heterocycles. The fourth-order valence-corrected chi connectivity index (χ4v) is 8.50. The Labute approximate surface area is 163 Å². The van der Waals surface area contributed by atoms with Crippen LogP contribution < -0.4 is 0 Å². The highest BCUT2D eigenvalue weighted by Gasteiger charge is 2.60. The second-order valence-corrected chi connectivity index (χ2v) is 10.7. The lowest BCUT2D eigenvalue weighted by Crippen LogP contribution is -2.54. The standard InChI is InChI=1S/C23H40O.C2H6/c1-5-15(2)19-8-9-20-18-7-6-16-14-17(24)10-12-22(16,3)21(18)11-13-23(19,20)4;1-2/h15-21,24H,5-14H2,1-4H3;1-2H3. The molecule has 1 heteroatoms. The van der Waals surface area contributed by atoms with Crippen molar-refractivity contribution in [1.82, 2.24) is 0 Å². The van der Waals surface area contributed by atoms with Crippen LogP contribution in [0.15, 0.2) is 0 Å².